The molecule has 1 aromatic carbocycles. The molecule has 134 valence electrons. The van der Waals surface area contributed by atoms with Gasteiger partial charge in [-0.15, -0.1) is 11.3 Å². The second-order valence-corrected chi connectivity index (χ2v) is 5.88. The van der Waals surface area contributed by atoms with E-state index in [-0.39, 0.29) is 11.4 Å². The Morgan fingerprint density at radius 2 is 1.92 bits per heavy atom. The second kappa shape index (κ2) is 7.44. The van der Waals surface area contributed by atoms with E-state index in [0.717, 1.165) is 17.8 Å². The molecule has 0 aliphatic carbocycles. The van der Waals surface area contributed by atoms with Crippen LogP contribution in [0.4, 0.5) is 14.5 Å². The van der Waals surface area contributed by atoms with E-state index in [9.17, 15) is 13.6 Å². The lowest BCUT2D eigenvalue weighted by molar-refractivity contribution is 0.102. The number of rotatable bonds is 5. The van der Waals surface area contributed by atoms with Crippen molar-refractivity contribution in [2.45, 2.75) is 0 Å². The summed E-state index contributed by atoms with van der Waals surface area (Å²) in [4.78, 5) is 19.6. The smallest absolute Gasteiger partial charge is 0.275 e. The summed E-state index contributed by atoms with van der Waals surface area (Å²) in [5.74, 6) is -2.07. The van der Waals surface area contributed by atoms with Crippen LogP contribution in [-0.2, 0) is 0 Å². The van der Waals surface area contributed by atoms with Crippen molar-refractivity contribution in [1.29, 1.82) is 0 Å². The van der Waals surface area contributed by atoms with Crippen molar-refractivity contribution in [2.24, 2.45) is 0 Å². The number of benzene rings is 1. The van der Waals surface area contributed by atoms with Gasteiger partial charge in [-0.3, -0.25) is 4.79 Å². The minimum Gasteiger partial charge on any atom is -0.493 e. The molecule has 0 atom stereocenters. The fourth-order valence-corrected chi connectivity index (χ4v) is 2.98. The van der Waals surface area contributed by atoms with E-state index in [2.05, 4.69) is 15.3 Å². The van der Waals surface area contributed by atoms with Crippen molar-refractivity contribution in [1.82, 2.24) is 9.97 Å². The fraction of sp³-hybridized carbons (Fsp3) is 0.118. The second-order valence-electron chi connectivity index (χ2n) is 5.03. The predicted molar refractivity (Wildman–Crippen MR) is 92.8 cm³/mol. The fourth-order valence-electron chi connectivity index (χ4n) is 2.18. The monoisotopic (exact) mass is 377 g/mol. The van der Waals surface area contributed by atoms with Crippen LogP contribution in [0.3, 0.4) is 0 Å². The van der Waals surface area contributed by atoms with Gasteiger partial charge in [-0.05, 0) is 24.3 Å². The maximum absolute atomic E-state index is 13.6. The zero-order chi connectivity index (χ0) is 18.7. The quantitative estimate of drug-likeness (QED) is 0.686. The summed E-state index contributed by atoms with van der Waals surface area (Å²) < 4.78 is 37.2. The zero-order valence-electron chi connectivity index (χ0n) is 13.7. The number of carbonyl (C=O) groups is 1. The molecule has 1 N–H and O–H groups in total. The number of thiazole rings is 1. The van der Waals surface area contributed by atoms with Crippen LogP contribution >= 0.6 is 11.3 Å². The molecule has 0 spiro atoms. The molecule has 1 amide bonds. The molecule has 0 radical (unpaired) electrons. The predicted octanol–water partition coefficient (Wildman–Crippen LogP) is 3.75. The van der Waals surface area contributed by atoms with Gasteiger partial charge >= 0.3 is 0 Å². The number of methoxy groups -OCH3 is 2. The first-order valence-corrected chi connectivity index (χ1v) is 8.20. The van der Waals surface area contributed by atoms with Crippen molar-refractivity contribution < 1.29 is 23.0 Å². The van der Waals surface area contributed by atoms with E-state index in [0.29, 0.717) is 16.5 Å². The number of aromatic nitrogens is 2. The number of ether oxygens (including phenoxy) is 2. The third-order valence-electron chi connectivity index (χ3n) is 3.46. The molecule has 2 aromatic heterocycles. The molecule has 0 fully saturated rings. The number of anilines is 1. The third-order valence-corrected chi connectivity index (χ3v) is 4.35. The lowest BCUT2D eigenvalue weighted by Gasteiger charge is -2.08. The Balaban J connectivity index is 1.83. The minimum atomic E-state index is -1.29. The van der Waals surface area contributed by atoms with E-state index in [4.69, 9.17) is 9.47 Å². The van der Waals surface area contributed by atoms with E-state index >= 15 is 0 Å². The maximum atomic E-state index is 13.6. The minimum absolute atomic E-state index is 0.0800. The van der Waals surface area contributed by atoms with Gasteiger partial charge in [0, 0.05) is 17.1 Å². The van der Waals surface area contributed by atoms with Gasteiger partial charge in [0.25, 0.3) is 11.9 Å². The molecule has 0 aliphatic heterocycles. The topological polar surface area (TPSA) is 73.3 Å². The van der Waals surface area contributed by atoms with Gasteiger partial charge in [0.2, 0.25) is 5.82 Å². The van der Waals surface area contributed by atoms with Gasteiger partial charge in [0.15, 0.2) is 11.5 Å². The number of amides is 1. The summed E-state index contributed by atoms with van der Waals surface area (Å²) in [6, 6.07) is 6.40. The molecule has 9 heteroatoms. The van der Waals surface area contributed by atoms with Crippen LogP contribution in [-0.4, -0.2) is 30.1 Å². The number of nitrogens with one attached hydrogen (secondary N) is 1. The highest BCUT2D eigenvalue weighted by Gasteiger charge is 2.17. The van der Waals surface area contributed by atoms with Crippen molar-refractivity contribution in [2.75, 3.05) is 19.5 Å². The highest BCUT2D eigenvalue weighted by molar-refractivity contribution is 7.13. The first-order chi connectivity index (χ1) is 12.5. The lowest BCUT2D eigenvalue weighted by atomic mass is 10.2. The van der Waals surface area contributed by atoms with Crippen molar-refractivity contribution in [3.8, 4) is 22.1 Å². The van der Waals surface area contributed by atoms with Gasteiger partial charge in [0.1, 0.15) is 10.7 Å². The largest absolute Gasteiger partial charge is 0.493 e. The van der Waals surface area contributed by atoms with Gasteiger partial charge < -0.3 is 14.8 Å². The normalized spacial score (nSPS) is 10.5. The Morgan fingerprint density at radius 1 is 1.15 bits per heavy atom. The molecule has 0 aliphatic rings. The Labute approximate surface area is 151 Å². The molecular weight excluding hydrogens is 364 g/mol. The van der Waals surface area contributed by atoms with E-state index in [1.54, 1.807) is 18.2 Å². The molecule has 0 bridgehead atoms. The highest BCUT2D eigenvalue weighted by atomic mass is 32.1. The van der Waals surface area contributed by atoms with E-state index in [1.807, 2.05) is 0 Å². The van der Waals surface area contributed by atoms with E-state index in [1.165, 1.54) is 30.9 Å². The van der Waals surface area contributed by atoms with Gasteiger partial charge in [-0.2, -0.15) is 8.78 Å². The van der Waals surface area contributed by atoms with Crippen LogP contribution in [0.2, 0.25) is 0 Å². The molecular formula is C17H13F2N3O3S. The molecule has 2 heterocycles. The molecule has 0 saturated carbocycles. The number of halogens is 2. The number of pyridine rings is 1. The van der Waals surface area contributed by atoms with Crippen LogP contribution in [0.25, 0.3) is 10.6 Å². The summed E-state index contributed by atoms with van der Waals surface area (Å²) in [6.45, 7) is 0. The third kappa shape index (κ3) is 3.47. The summed E-state index contributed by atoms with van der Waals surface area (Å²) >= 11 is 1.23. The average molecular weight is 377 g/mol. The number of nitrogens with zero attached hydrogens (tertiary/aromatic N) is 2. The van der Waals surface area contributed by atoms with Crippen LogP contribution < -0.4 is 14.8 Å². The number of hydrogen-bond donors (Lipinski definition) is 1. The molecule has 3 aromatic rings. The van der Waals surface area contributed by atoms with Gasteiger partial charge in [0.05, 0.1) is 19.9 Å². The van der Waals surface area contributed by atoms with E-state index < -0.39 is 17.7 Å². The summed E-state index contributed by atoms with van der Waals surface area (Å²) in [5, 5.41) is 4.37. The van der Waals surface area contributed by atoms with Crippen LogP contribution in [0.1, 0.15) is 10.5 Å². The van der Waals surface area contributed by atoms with Crippen molar-refractivity contribution >= 4 is 22.9 Å². The molecule has 0 saturated heterocycles. The molecule has 26 heavy (non-hydrogen) atoms. The number of hydrogen-bond acceptors (Lipinski definition) is 6. The van der Waals surface area contributed by atoms with Crippen molar-refractivity contribution in [3.05, 3.63) is 53.3 Å². The van der Waals surface area contributed by atoms with Gasteiger partial charge in [-0.1, -0.05) is 0 Å². The molecule has 0 unspecified atom stereocenters. The van der Waals surface area contributed by atoms with Crippen LogP contribution in [0.5, 0.6) is 11.5 Å². The Bertz CT molecular complexity index is 962. The lowest BCUT2D eigenvalue weighted by Crippen LogP contribution is -2.14. The highest BCUT2D eigenvalue weighted by Crippen LogP contribution is 2.33. The first kappa shape index (κ1) is 17.7. The summed E-state index contributed by atoms with van der Waals surface area (Å²) in [5.41, 5.74) is 0.507. The zero-order valence-corrected chi connectivity index (χ0v) is 14.6. The maximum Gasteiger partial charge on any atom is 0.275 e. The Hall–Kier alpha value is -3.07. The Morgan fingerprint density at radius 3 is 2.65 bits per heavy atom. The summed E-state index contributed by atoms with van der Waals surface area (Å²) in [7, 11) is 3.05. The average Bonchev–Trinajstić information content (AvgIpc) is 3.15. The standard InChI is InChI=1S/C17H13F2N3O3S/c1-24-12-4-3-9(7-13(12)25-2)17-22-11(8-26-17)16(23)21-10-5-6-20-15(19)14(10)18/h3-8H,1-2H3,(H,20,21,23). The van der Waals surface area contributed by atoms with Crippen LogP contribution in [0, 0.1) is 11.8 Å². The molecule has 6 nitrogen and oxygen atoms in total. The number of carbonyl (C=O) groups excluding carboxylic acids is 1. The SMILES string of the molecule is COc1ccc(-c2nc(C(=O)Nc3ccnc(F)c3F)cs2)cc1OC. The molecule has 3 rings (SSSR count). The van der Waals surface area contributed by atoms with Crippen LogP contribution in [0.15, 0.2) is 35.8 Å². The first-order valence-electron chi connectivity index (χ1n) is 7.32. The summed E-state index contributed by atoms with van der Waals surface area (Å²) in [6.07, 6.45) is 1.06. The van der Waals surface area contributed by atoms with Gasteiger partial charge in [-0.25, -0.2) is 9.97 Å². The Kier molecular flexibility index (Phi) is 5.08. The van der Waals surface area contributed by atoms with Crippen molar-refractivity contribution in [3.63, 3.8) is 0 Å².